The van der Waals surface area contributed by atoms with Gasteiger partial charge in [-0.15, -0.1) is 5.10 Å². The quantitative estimate of drug-likeness (QED) is 0.198. The van der Waals surface area contributed by atoms with Gasteiger partial charge in [0.25, 0.3) is 11.8 Å². The number of anilines is 1. The monoisotopic (exact) mass is 554 g/mol. The largest absolute Gasteiger partial charge is 0.415 e. The summed E-state index contributed by atoms with van der Waals surface area (Å²) >= 11 is 12.3. The number of carbonyl (C=O) groups is 2. The van der Waals surface area contributed by atoms with E-state index in [1.165, 1.54) is 25.4 Å². The van der Waals surface area contributed by atoms with Gasteiger partial charge in [0.15, 0.2) is 5.82 Å². The number of hydrogen-bond donors (Lipinski definition) is 2. The first-order valence-electron chi connectivity index (χ1n) is 10.8. The molecule has 0 unspecified atom stereocenters. The number of pyridine rings is 1. The van der Waals surface area contributed by atoms with Crippen LogP contribution in [0.1, 0.15) is 39.3 Å². The Balaban J connectivity index is 1.90. The Hall–Kier alpha value is -3.77. The summed E-state index contributed by atoms with van der Waals surface area (Å²) in [5, 5.41) is 13.3. The van der Waals surface area contributed by atoms with Gasteiger partial charge in [-0.1, -0.05) is 28.4 Å². The number of oxime groups is 1. The van der Waals surface area contributed by atoms with E-state index in [0.29, 0.717) is 24.9 Å². The number of unbranched alkanes of at least 4 members (excludes halogenated alkanes) is 1. The van der Waals surface area contributed by atoms with E-state index in [4.69, 9.17) is 23.2 Å². The van der Waals surface area contributed by atoms with Crippen LogP contribution >= 0.6 is 23.2 Å². The second-order valence-electron chi connectivity index (χ2n) is 7.44. The van der Waals surface area contributed by atoms with E-state index >= 15 is 0 Å². The summed E-state index contributed by atoms with van der Waals surface area (Å²) in [6.45, 7) is -1.20. The van der Waals surface area contributed by atoms with Crippen molar-refractivity contribution in [2.24, 2.45) is 5.16 Å². The third-order valence-electron chi connectivity index (χ3n) is 4.83. The van der Waals surface area contributed by atoms with E-state index in [0.717, 1.165) is 10.7 Å². The average molecular weight is 555 g/mol. The van der Waals surface area contributed by atoms with Crippen molar-refractivity contribution >= 4 is 46.9 Å². The third-order valence-corrected chi connectivity index (χ3v) is 5.34. The molecule has 2 heterocycles. The molecule has 2 N–H and O–H groups in total. The van der Waals surface area contributed by atoms with Gasteiger partial charge in [-0.2, -0.15) is 8.78 Å². The second-order valence-corrected chi connectivity index (χ2v) is 8.28. The van der Waals surface area contributed by atoms with Crippen LogP contribution in [0.5, 0.6) is 5.88 Å². The molecule has 0 saturated heterocycles. The highest BCUT2D eigenvalue weighted by Gasteiger charge is 2.24. The Morgan fingerprint density at radius 3 is 2.73 bits per heavy atom. The van der Waals surface area contributed by atoms with Gasteiger partial charge in [-0.05, 0) is 49.6 Å². The van der Waals surface area contributed by atoms with E-state index in [-0.39, 0.29) is 32.8 Å². The predicted molar refractivity (Wildman–Crippen MR) is 134 cm³/mol. The highest BCUT2D eigenvalue weighted by molar-refractivity contribution is 6.32. The normalized spacial score (nSPS) is 11.1. The number of amides is 2. The Morgan fingerprint density at radius 2 is 2.03 bits per heavy atom. The van der Waals surface area contributed by atoms with Crippen LogP contribution in [0.15, 0.2) is 41.7 Å². The molecule has 0 fully saturated rings. The number of ether oxygens (including phenoxy) is 1. The molecule has 0 aliphatic rings. The highest BCUT2D eigenvalue weighted by Crippen LogP contribution is 2.28. The van der Waals surface area contributed by atoms with Crippen LogP contribution in [0.3, 0.4) is 0 Å². The standard InChI is InChI=1S/C23H22Cl2F2N6O4/c1-13-10-14(24)11-15(21(34)29-7-3-4-9-30-36-2)19(13)31-22(35)17-12-18(37-23(26)27)32-33(17)20-16(25)6-5-8-28-20/h5-6,8-12,23H,3-4,7H2,1-2H3,(H,29,34)(H,31,35)/b30-9+. The number of aryl methyl sites for hydroxylation is 1. The lowest BCUT2D eigenvalue weighted by Crippen LogP contribution is -2.27. The van der Waals surface area contributed by atoms with E-state index in [9.17, 15) is 18.4 Å². The summed E-state index contributed by atoms with van der Waals surface area (Å²) in [6.07, 6.45) is 4.14. The molecule has 3 rings (SSSR count). The van der Waals surface area contributed by atoms with Crippen molar-refractivity contribution in [1.82, 2.24) is 20.1 Å². The van der Waals surface area contributed by atoms with Gasteiger partial charge in [0.1, 0.15) is 12.8 Å². The van der Waals surface area contributed by atoms with Gasteiger partial charge >= 0.3 is 6.61 Å². The number of halogens is 4. The number of aromatic nitrogens is 3. The molecule has 2 amide bonds. The van der Waals surface area contributed by atoms with Crippen LogP contribution in [0, 0.1) is 6.92 Å². The van der Waals surface area contributed by atoms with E-state index in [1.54, 1.807) is 25.3 Å². The number of nitrogens with zero attached hydrogens (tertiary/aromatic N) is 4. The lowest BCUT2D eigenvalue weighted by Gasteiger charge is -2.15. The first-order valence-corrected chi connectivity index (χ1v) is 11.6. The molecule has 1 aromatic carbocycles. The van der Waals surface area contributed by atoms with Gasteiger partial charge in [0.2, 0.25) is 5.88 Å². The van der Waals surface area contributed by atoms with Crippen molar-refractivity contribution in [3.8, 4) is 11.7 Å². The minimum Gasteiger partial charge on any atom is -0.415 e. The zero-order valence-electron chi connectivity index (χ0n) is 19.7. The number of hydrogen-bond acceptors (Lipinski definition) is 7. The molecule has 0 aliphatic heterocycles. The summed E-state index contributed by atoms with van der Waals surface area (Å²) < 4.78 is 31.0. The Kier molecular flexibility index (Phi) is 9.75. The molecular formula is C23H22Cl2F2N6O4. The molecule has 0 saturated carbocycles. The number of nitrogens with one attached hydrogen (secondary N) is 2. The van der Waals surface area contributed by atoms with Crippen molar-refractivity contribution in [3.63, 3.8) is 0 Å². The summed E-state index contributed by atoms with van der Waals surface area (Å²) in [5.41, 5.74) is 0.553. The fourth-order valence-corrected chi connectivity index (χ4v) is 3.72. The number of benzene rings is 1. The Bertz CT molecular complexity index is 1300. The molecule has 0 aliphatic carbocycles. The first-order chi connectivity index (χ1) is 17.7. The van der Waals surface area contributed by atoms with Gasteiger partial charge < -0.3 is 20.2 Å². The Labute approximate surface area is 220 Å². The summed E-state index contributed by atoms with van der Waals surface area (Å²) in [4.78, 5) is 34.9. The maximum absolute atomic E-state index is 13.3. The molecule has 0 atom stereocenters. The molecular weight excluding hydrogens is 533 g/mol. The fraction of sp³-hybridized carbons (Fsp3) is 0.261. The van der Waals surface area contributed by atoms with Crippen molar-refractivity contribution < 1.29 is 27.9 Å². The number of alkyl halides is 2. The SMILES string of the molecule is CO/N=C/CCCNC(=O)c1cc(Cl)cc(C)c1NC(=O)c1cc(OC(F)F)nn1-c1ncccc1Cl. The third kappa shape index (κ3) is 7.37. The summed E-state index contributed by atoms with van der Waals surface area (Å²) in [5.74, 6) is -1.77. The Morgan fingerprint density at radius 1 is 1.24 bits per heavy atom. The zero-order chi connectivity index (χ0) is 26.9. The minimum atomic E-state index is -3.17. The van der Waals surface area contributed by atoms with E-state index in [2.05, 4.69) is 35.4 Å². The van der Waals surface area contributed by atoms with Gasteiger partial charge in [0.05, 0.1) is 16.3 Å². The maximum atomic E-state index is 13.3. The molecule has 0 radical (unpaired) electrons. The van der Waals surface area contributed by atoms with Gasteiger partial charge in [-0.25, -0.2) is 9.67 Å². The molecule has 3 aromatic rings. The molecule has 37 heavy (non-hydrogen) atoms. The molecule has 196 valence electrons. The zero-order valence-corrected chi connectivity index (χ0v) is 21.2. The molecule has 14 heteroatoms. The van der Waals surface area contributed by atoms with Crippen LogP contribution in [-0.4, -0.2) is 53.1 Å². The van der Waals surface area contributed by atoms with Crippen molar-refractivity contribution in [2.75, 3.05) is 19.0 Å². The fourth-order valence-electron chi connectivity index (χ4n) is 3.25. The highest BCUT2D eigenvalue weighted by atomic mass is 35.5. The predicted octanol–water partition coefficient (Wildman–Crippen LogP) is 4.88. The van der Waals surface area contributed by atoms with Crippen LogP contribution in [-0.2, 0) is 4.84 Å². The smallest absolute Gasteiger partial charge is 0.388 e. The lowest BCUT2D eigenvalue weighted by atomic mass is 10.1. The van der Waals surface area contributed by atoms with Crippen LogP contribution in [0.2, 0.25) is 10.0 Å². The topological polar surface area (TPSA) is 120 Å². The number of carbonyl (C=O) groups excluding carboxylic acids is 2. The van der Waals surface area contributed by atoms with Crippen molar-refractivity contribution in [3.05, 3.63) is 63.4 Å². The lowest BCUT2D eigenvalue weighted by molar-refractivity contribution is -0.0530. The first kappa shape index (κ1) is 27.8. The minimum absolute atomic E-state index is 0.0150. The van der Waals surface area contributed by atoms with Crippen LogP contribution in [0.25, 0.3) is 5.82 Å². The second kappa shape index (κ2) is 13.0. The molecule has 2 aromatic heterocycles. The van der Waals surface area contributed by atoms with Crippen molar-refractivity contribution in [2.45, 2.75) is 26.4 Å². The summed E-state index contributed by atoms with van der Waals surface area (Å²) in [6, 6.07) is 7.03. The molecule has 0 spiro atoms. The van der Waals surface area contributed by atoms with Crippen molar-refractivity contribution in [1.29, 1.82) is 0 Å². The van der Waals surface area contributed by atoms with Crippen LogP contribution in [0.4, 0.5) is 14.5 Å². The maximum Gasteiger partial charge on any atom is 0.388 e. The average Bonchev–Trinajstić information content (AvgIpc) is 3.25. The van der Waals surface area contributed by atoms with E-state index < -0.39 is 24.3 Å². The van der Waals surface area contributed by atoms with E-state index in [1.807, 2.05) is 0 Å². The van der Waals surface area contributed by atoms with Crippen LogP contribution < -0.4 is 15.4 Å². The summed E-state index contributed by atoms with van der Waals surface area (Å²) in [7, 11) is 1.43. The molecule has 0 bridgehead atoms. The number of rotatable bonds is 11. The molecule has 10 nitrogen and oxygen atoms in total. The van der Waals surface area contributed by atoms with Gasteiger partial charge in [-0.3, -0.25) is 9.59 Å². The van der Waals surface area contributed by atoms with Gasteiger partial charge in [0, 0.05) is 30.0 Å².